The van der Waals surface area contributed by atoms with E-state index < -0.39 is 30.3 Å². The van der Waals surface area contributed by atoms with Gasteiger partial charge < -0.3 is 29.5 Å². The van der Waals surface area contributed by atoms with Crippen molar-refractivity contribution < 1.29 is 33.7 Å². The van der Waals surface area contributed by atoms with Crippen LogP contribution in [0.5, 0.6) is 0 Å². The van der Waals surface area contributed by atoms with Gasteiger partial charge in [0.15, 0.2) is 6.04 Å². The Labute approximate surface area is 176 Å². The van der Waals surface area contributed by atoms with Crippen molar-refractivity contribution in [2.75, 3.05) is 33.9 Å². The third-order valence-electron chi connectivity index (χ3n) is 4.89. The molecule has 4 atom stereocenters. The Morgan fingerprint density at radius 2 is 1.93 bits per heavy atom. The molecule has 0 saturated carbocycles. The van der Waals surface area contributed by atoms with Crippen molar-refractivity contribution in [3.05, 3.63) is 35.9 Å². The topological polar surface area (TPSA) is 114 Å². The number of esters is 1. The van der Waals surface area contributed by atoms with E-state index in [0.29, 0.717) is 6.42 Å². The number of hydrogen-bond donors (Lipinski definition) is 2. The molecule has 9 nitrogen and oxygen atoms in total. The summed E-state index contributed by atoms with van der Waals surface area (Å²) >= 11 is 0. The average Bonchev–Trinajstić information content (AvgIpc) is 2.73. The van der Waals surface area contributed by atoms with Crippen molar-refractivity contribution in [3.63, 3.8) is 0 Å². The Balaban J connectivity index is 2.16. The molecule has 166 valence electrons. The third kappa shape index (κ3) is 7.31. The average molecular weight is 422 g/mol. The molecule has 1 aromatic rings. The van der Waals surface area contributed by atoms with Gasteiger partial charge in [-0.1, -0.05) is 30.3 Å². The molecule has 1 saturated heterocycles. The summed E-state index contributed by atoms with van der Waals surface area (Å²) in [4.78, 5) is 36.8. The van der Waals surface area contributed by atoms with Crippen LogP contribution in [-0.4, -0.2) is 80.1 Å². The van der Waals surface area contributed by atoms with E-state index in [2.05, 4.69) is 5.32 Å². The molecule has 0 aromatic heterocycles. The van der Waals surface area contributed by atoms with E-state index in [1.807, 2.05) is 30.3 Å². The first kappa shape index (κ1) is 23.6. The number of hydrogen-bond acceptors (Lipinski definition) is 6. The van der Waals surface area contributed by atoms with Gasteiger partial charge in [-0.15, -0.1) is 0 Å². The number of carbonyl (C=O) groups excluding carboxylic acids is 2. The Kier molecular flexibility index (Phi) is 9.07. The summed E-state index contributed by atoms with van der Waals surface area (Å²) in [6.45, 7) is 2.00. The van der Waals surface area contributed by atoms with E-state index in [4.69, 9.17) is 19.3 Å². The van der Waals surface area contributed by atoms with Crippen molar-refractivity contribution >= 4 is 18.0 Å². The largest absolute Gasteiger partial charge is 0.465 e. The minimum absolute atomic E-state index is 0.0655. The molecule has 0 aliphatic carbocycles. The Hall–Kier alpha value is -2.65. The molecule has 30 heavy (non-hydrogen) atoms. The number of carbonyl (C=O) groups is 3. The van der Waals surface area contributed by atoms with E-state index in [-0.39, 0.29) is 38.1 Å². The highest BCUT2D eigenvalue weighted by Gasteiger charge is 2.35. The molecule has 1 aromatic carbocycles. The summed E-state index contributed by atoms with van der Waals surface area (Å²) in [7, 11) is 3.35. The van der Waals surface area contributed by atoms with Gasteiger partial charge in [0.05, 0.1) is 32.3 Å². The van der Waals surface area contributed by atoms with Crippen molar-refractivity contribution in [1.82, 2.24) is 10.2 Å². The van der Waals surface area contributed by atoms with E-state index >= 15 is 0 Å². The van der Waals surface area contributed by atoms with Crippen LogP contribution in [0.2, 0.25) is 0 Å². The molecule has 2 unspecified atom stereocenters. The zero-order valence-corrected chi connectivity index (χ0v) is 17.6. The predicted octanol–water partition coefficient (Wildman–Crippen LogP) is 1.31. The van der Waals surface area contributed by atoms with E-state index in [1.165, 1.54) is 4.90 Å². The molecule has 0 bridgehead atoms. The van der Waals surface area contributed by atoms with Crippen LogP contribution >= 0.6 is 0 Å². The number of cyclic esters (lactones) is 1. The monoisotopic (exact) mass is 422 g/mol. The van der Waals surface area contributed by atoms with E-state index in [0.717, 1.165) is 5.56 Å². The van der Waals surface area contributed by atoms with Gasteiger partial charge in [0.25, 0.3) is 0 Å². The van der Waals surface area contributed by atoms with E-state index in [9.17, 15) is 14.4 Å². The Morgan fingerprint density at radius 1 is 1.23 bits per heavy atom. The first-order valence-corrected chi connectivity index (χ1v) is 9.91. The van der Waals surface area contributed by atoms with Gasteiger partial charge in [-0.3, -0.25) is 4.79 Å². The Morgan fingerprint density at radius 3 is 2.57 bits per heavy atom. The first-order valence-electron chi connectivity index (χ1n) is 9.91. The van der Waals surface area contributed by atoms with Crippen LogP contribution in [0.25, 0.3) is 0 Å². The fourth-order valence-electron chi connectivity index (χ4n) is 3.33. The van der Waals surface area contributed by atoms with Crippen molar-refractivity contribution in [2.24, 2.45) is 5.92 Å². The highest BCUT2D eigenvalue weighted by Crippen LogP contribution is 2.23. The molecule has 2 N–H and O–H groups in total. The summed E-state index contributed by atoms with van der Waals surface area (Å²) in [5.41, 5.74) is 1.07. The molecule has 2 amide bonds. The summed E-state index contributed by atoms with van der Waals surface area (Å²) in [5.74, 6) is -0.944. The lowest BCUT2D eigenvalue weighted by molar-refractivity contribution is -0.161. The lowest BCUT2D eigenvalue weighted by Crippen LogP contribution is -2.46. The number of amides is 2. The molecule has 9 heteroatoms. The first-order chi connectivity index (χ1) is 14.3. The Bertz CT molecular complexity index is 711. The van der Waals surface area contributed by atoms with Crippen molar-refractivity contribution in [3.8, 4) is 0 Å². The van der Waals surface area contributed by atoms with Crippen molar-refractivity contribution in [2.45, 2.75) is 38.0 Å². The lowest BCUT2D eigenvalue weighted by atomic mass is 9.91. The highest BCUT2D eigenvalue weighted by atomic mass is 16.6. The van der Waals surface area contributed by atoms with Gasteiger partial charge in [-0.2, -0.15) is 0 Å². The van der Waals surface area contributed by atoms with Crippen LogP contribution in [0.1, 0.15) is 18.9 Å². The molecule has 1 aliphatic rings. The number of rotatable bonds is 7. The fraction of sp³-hybridized carbons (Fsp3) is 0.571. The zero-order valence-electron chi connectivity index (χ0n) is 17.6. The van der Waals surface area contributed by atoms with Gasteiger partial charge in [-0.05, 0) is 18.9 Å². The maximum Gasteiger partial charge on any atom is 0.405 e. The van der Waals surface area contributed by atoms with Gasteiger partial charge in [0.2, 0.25) is 5.91 Å². The van der Waals surface area contributed by atoms with Crippen LogP contribution in [-0.2, 0) is 30.2 Å². The zero-order chi connectivity index (χ0) is 22.1. The maximum absolute atomic E-state index is 12.4. The highest BCUT2D eigenvalue weighted by molar-refractivity contribution is 5.81. The van der Waals surface area contributed by atoms with Gasteiger partial charge in [0.1, 0.15) is 6.10 Å². The van der Waals surface area contributed by atoms with Gasteiger partial charge in [0, 0.05) is 20.0 Å². The molecule has 1 aliphatic heterocycles. The number of nitrogens with zero attached hydrogens (tertiary/aromatic N) is 1. The normalized spacial score (nSPS) is 24.7. The summed E-state index contributed by atoms with van der Waals surface area (Å²) in [6, 6.07) is 8.67. The van der Waals surface area contributed by atoms with Crippen LogP contribution in [0.4, 0.5) is 4.79 Å². The summed E-state index contributed by atoms with van der Waals surface area (Å²) < 4.78 is 17.2. The minimum atomic E-state index is -1.33. The van der Waals surface area contributed by atoms with Gasteiger partial charge in [-0.25, -0.2) is 9.59 Å². The standard InChI is InChI=1S/C21H30N2O7/c1-14-19(29-10-9-18(24)23(2)3)16(11-15-7-5-4-6-8-15)12-28-13-17(20(25)30-14)22-21(26)27/h4-8,14,16-17,19,22H,9-13H2,1-3H3,(H,26,27)/t14?,16-,17-,19?/m0/s1. The second-order valence-electron chi connectivity index (χ2n) is 7.50. The molecule has 0 spiro atoms. The maximum atomic E-state index is 12.4. The third-order valence-corrected chi connectivity index (χ3v) is 4.89. The number of nitrogens with one attached hydrogen (secondary N) is 1. The number of ether oxygens (including phenoxy) is 3. The van der Waals surface area contributed by atoms with Crippen LogP contribution in [0.15, 0.2) is 30.3 Å². The SMILES string of the molecule is CC1OC(=O)[C@@H](NC(=O)O)COC[C@H](Cc2ccccc2)C1OCCC(=O)N(C)C. The molecular weight excluding hydrogens is 392 g/mol. The summed E-state index contributed by atoms with van der Waals surface area (Å²) in [5, 5.41) is 11.1. The number of benzene rings is 1. The molecule has 1 heterocycles. The molecule has 2 rings (SSSR count). The number of carboxylic acid groups (broad SMARTS) is 1. The molecular formula is C21H30N2O7. The molecule has 0 radical (unpaired) electrons. The van der Waals surface area contributed by atoms with Crippen LogP contribution in [0, 0.1) is 5.92 Å². The molecule has 1 fully saturated rings. The van der Waals surface area contributed by atoms with Gasteiger partial charge >= 0.3 is 12.1 Å². The summed E-state index contributed by atoms with van der Waals surface area (Å²) in [6.07, 6.45) is -1.69. The fourth-order valence-corrected chi connectivity index (χ4v) is 3.33. The van der Waals surface area contributed by atoms with E-state index in [1.54, 1.807) is 21.0 Å². The second-order valence-corrected chi connectivity index (χ2v) is 7.50. The van der Waals surface area contributed by atoms with Crippen LogP contribution < -0.4 is 5.32 Å². The second kappa shape index (κ2) is 11.5. The van der Waals surface area contributed by atoms with Crippen LogP contribution in [0.3, 0.4) is 0 Å². The minimum Gasteiger partial charge on any atom is -0.465 e. The predicted molar refractivity (Wildman–Crippen MR) is 108 cm³/mol. The smallest absolute Gasteiger partial charge is 0.405 e. The quantitative estimate of drug-likeness (QED) is 0.637. The lowest BCUT2D eigenvalue weighted by Gasteiger charge is -2.31. The van der Waals surface area contributed by atoms with Crippen molar-refractivity contribution in [1.29, 1.82) is 0 Å².